The number of nitrogens with zero attached hydrogens (tertiary/aromatic N) is 1. The molecule has 2 aliphatic rings. The fourth-order valence-corrected chi connectivity index (χ4v) is 4.82. The summed E-state index contributed by atoms with van der Waals surface area (Å²) in [5, 5.41) is 0.0505. The molecule has 3 rings (SSSR count). The number of amides is 1. The Labute approximate surface area is 134 Å². The van der Waals surface area contributed by atoms with E-state index in [1.54, 1.807) is 6.07 Å². The summed E-state index contributed by atoms with van der Waals surface area (Å²) in [4.78, 5) is 12.3. The highest BCUT2D eigenvalue weighted by Gasteiger charge is 2.44. The molecular formula is C14H16ClNO5S. The van der Waals surface area contributed by atoms with Crippen LogP contribution in [0.1, 0.15) is 24.2 Å². The number of carbonyl (C=O) groups excluding carboxylic acids is 1. The fraction of sp³-hybridized carbons (Fsp3) is 0.500. The molecule has 0 N–H and O–H groups in total. The summed E-state index contributed by atoms with van der Waals surface area (Å²) >= 11 is 5.96. The Balaban J connectivity index is 1.91. The number of hydrogen-bond donors (Lipinski definition) is 0. The lowest BCUT2D eigenvalue weighted by Crippen LogP contribution is -2.49. The summed E-state index contributed by atoms with van der Waals surface area (Å²) in [5.41, 5.74) is -0.413. The van der Waals surface area contributed by atoms with Crippen molar-refractivity contribution in [1.82, 2.24) is 4.31 Å². The predicted octanol–water partition coefficient (Wildman–Crippen LogP) is 1.68. The molecule has 6 nitrogen and oxygen atoms in total. The van der Waals surface area contributed by atoms with Crippen LogP contribution in [0.25, 0.3) is 0 Å². The van der Waals surface area contributed by atoms with E-state index in [-0.39, 0.29) is 28.6 Å². The predicted molar refractivity (Wildman–Crippen MR) is 79.4 cm³/mol. The number of benzene rings is 1. The van der Waals surface area contributed by atoms with Crippen molar-refractivity contribution in [1.29, 1.82) is 0 Å². The molecule has 1 unspecified atom stereocenters. The molecule has 0 aliphatic carbocycles. The number of hydrogen-bond acceptors (Lipinski definition) is 5. The Hall–Kier alpha value is -1.15. The zero-order valence-electron chi connectivity index (χ0n) is 12.2. The highest BCUT2D eigenvalue weighted by Crippen LogP contribution is 2.36. The van der Waals surface area contributed by atoms with E-state index in [4.69, 9.17) is 21.1 Å². The Morgan fingerprint density at radius 3 is 2.77 bits per heavy atom. The molecule has 0 bridgehead atoms. The topological polar surface area (TPSA) is 72.9 Å². The molecule has 120 valence electrons. The quantitative estimate of drug-likeness (QED) is 0.815. The molecule has 8 heteroatoms. The van der Waals surface area contributed by atoms with Crippen LogP contribution in [0, 0.1) is 0 Å². The maximum absolute atomic E-state index is 12.6. The Bertz CT molecular complexity index is 731. The molecule has 1 aromatic carbocycles. The zero-order valence-corrected chi connectivity index (χ0v) is 13.8. The van der Waals surface area contributed by atoms with E-state index in [1.165, 1.54) is 12.1 Å². The molecule has 0 spiro atoms. The van der Waals surface area contributed by atoms with E-state index >= 15 is 0 Å². The third kappa shape index (κ3) is 2.52. The van der Waals surface area contributed by atoms with Gasteiger partial charge in [0, 0.05) is 0 Å². The van der Waals surface area contributed by atoms with Gasteiger partial charge in [0.1, 0.15) is 11.0 Å². The van der Waals surface area contributed by atoms with Gasteiger partial charge in [-0.15, -0.1) is 0 Å². The van der Waals surface area contributed by atoms with Crippen molar-refractivity contribution in [3.8, 4) is 0 Å². The van der Waals surface area contributed by atoms with Gasteiger partial charge in [0.2, 0.25) is 0 Å². The summed E-state index contributed by atoms with van der Waals surface area (Å²) in [6, 6.07) is 4.47. The Morgan fingerprint density at radius 1 is 1.41 bits per heavy atom. The van der Waals surface area contributed by atoms with Crippen LogP contribution in [0.5, 0.6) is 0 Å². The van der Waals surface area contributed by atoms with Gasteiger partial charge < -0.3 is 9.47 Å². The van der Waals surface area contributed by atoms with Crippen molar-refractivity contribution in [3.63, 3.8) is 0 Å². The van der Waals surface area contributed by atoms with E-state index in [0.29, 0.717) is 6.61 Å². The van der Waals surface area contributed by atoms with Crippen LogP contribution in [0.4, 0.5) is 0 Å². The van der Waals surface area contributed by atoms with Gasteiger partial charge in [-0.3, -0.25) is 4.79 Å². The van der Waals surface area contributed by atoms with Crippen LogP contribution in [0.15, 0.2) is 23.1 Å². The number of halogens is 1. The molecule has 0 aromatic heterocycles. The van der Waals surface area contributed by atoms with Crippen LogP contribution in [-0.2, 0) is 19.5 Å². The van der Waals surface area contributed by atoms with Crippen molar-refractivity contribution in [3.05, 3.63) is 28.8 Å². The van der Waals surface area contributed by atoms with Crippen molar-refractivity contribution >= 4 is 27.5 Å². The summed E-state index contributed by atoms with van der Waals surface area (Å²) < 4.78 is 37.2. The minimum atomic E-state index is -3.95. The molecule has 1 amide bonds. The number of fused-ring (bicyclic) bond motifs is 1. The highest BCUT2D eigenvalue weighted by molar-refractivity contribution is 7.90. The molecular weight excluding hydrogens is 330 g/mol. The first-order valence-corrected chi connectivity index (χ1v) is 8.65. The molecule has 22 heavy (non-hydrogen) atoms. The molecule has 0 radical (unpaired) electrons. The van der Waals surface area contributed by atoms with Crippen LogP contribution < -0.4 is 0 Å². The standard InChI is InChI=1S/C14H16ClNO5S/c1-14(2)8-20-7-9(21-14)6-16-13(17)10-4-3-5-11(15)12(10)22(16,18)19/h3-5,9H,6-8H2,1-2H3. The summed E-state index contributed by atoms with van der Waals surface area (Å²) in [7, 11) is -3.95. The molecule has 1 saturated heterocycles. The second-order valence-electron chi connectivity index (χ2n) is 5.97. The summed E-state index contributed by atoms with van der Waals surface area (Å²) in [6.45, 7) is 4.29. The summed E-state index contributed by atoms with van der Waals surface area (Å²) in [6.07, 6.45) is -0.504. The first kappa shape index (κ1) is 15.7. The summed E-state index contributed by atoms with van der Waals surface area (Å²) in [5.74, 6) is -0.579. The third-order valence-corrected chi connectivity index (χ3v) is 5.86. The van der Waals surface area contributed by atoms with Crippen molar-refractivity contribution in [2.45, 2.75) is 30.4 Å². The number of sulfonamides is 1. The van der Waals surface area contributed by atoms with E-state index in [0.717, 1.165) is 4.31 Å². The molecule has 2 heterocycles. The van der Waals surface area contributed by atoms with Gasteiger partial charge in [0.05, 0.1) is 35.9 Å². The lowest BCUT2D eigenvalue weighted by Gasteiger charge is -2.37. The lowest BCUT2D eigenvalue weighted by atomic mass is 10.1. The van der Waals surface area contributed by atoms with Gasteiger partial charge in [0.15, 0.2) is 0 Å². The number of carbonyl (C=O) groups is 1. The van der Waals surface area contributed by atoms with E-state index in [2.05, 4.69) is 0 Å². The van der Waals surface area contributed by atoms with E-state index in [1.807, 2.05) is 13.8 Å². The first-order chi connectivity index (χ1) is 10.2. The van der Waals surface area contributed by atoms with Gasteiger partial charge in [-0.2, -0.15) is 0 Å². The first-order valence-electron chi connectivity index (χ1n) is 6.83. The van der Waals surface area contributed by atoms with Gasteiger partial charge >= 0.3 is 0 Å². The van der Waals surface area contributed by atoms with Crippen LogP contribution in [0.2, 0.25) is 5.02 Å². The smallest absolute Gasteiger partial charge is 0.269 e. The van der Waals surface area contributed by atoms with Gasteiger partial charge in [0.25, 0.3) is 15.9 Å². The molecule has 0 saturated carbocycles. The van der Waals surface area contributed by atoms with Gasteiger partial charge in [-0.25, -0.2) is 12.7 Å². The minimum Gasteiger partial charge on any atom is -0.376 e. The van der Waals surface area contributed by atoms with Crippen molar-refractivity contribution in [2.75, 3.05) is 19.8 Å². The highest BCUT2D eigenvalue weighted by atomic mass is 35.5. The molecule has 1 atom stereocenters. The molecule has 1 aromatic rings. The van der Waals surface area contributed by atoms with E-state index in [9.17, 15) is 13.2 Å². The SMILES string of the molecule is CC1(C)COCC(CN2C(=O)c3cccc(Cl)c3S2(=O)=O)O1. The minimum absolute atomic E-state index is 0.0505. The van der Waals surface area contributed by atoms with Crippen molar-refractivity contribution in [2.24, 2.45) is 0 Å². The maximum Gasteiger partial charge on any atom is 0.269 e. The van der Waals surface area contributed by atoms with Crippen LogP contribution in [-0.4, -0.2) is 50.1 Å². The lowest BCUT2D eigenvalue weighted by molar-refractivity contribution is -0.182. The molecule has 2 aliphatic heterocycles. The third-order valence-electron chi connectivity index (χ3n) is 3.58. The van der Waals surface area contributed by atoms with Crippen molar-refractivity contribution < 1.29 is 22.7 Å². The zero-order chi connectivity index (χ0) is 16.1. The monoisotopic (exact) mass is 345 g/mol. The average Bonchev–Trinajstić information content (AvgIpc) is 2.60. The Kier molecular flexibility index (Phi) is 3.71. The normalized spacial score (nSPS) is 26.0. The van der Waals surface area contributed by atoms with Crippen LogP contribution in [0.3, 0.4) is 0 Å². The number of ether oxygens (including phenoxy) is 2. The maximum atomic E-state index is 12.6. The van der Waals surface area contributed by atoms with Gasteiger partial charge in [-0.1, -0.05) is 17.7 Å². The van der Waals surface area contributed by atoms with E-state index < -0.39 is 27.6 Å². The molecule has 1 fully saturated rings. The van der Waals surface area contributed by atoms with Gasteiger partial charge in [-0.05, 0) is 26.0 Å². The number of rotatable bonds is 2. The average molecular weight is 346 g/mol. The van der Waals surface area contributed by atoms with Crippen LogP contribution >= 0.6 is 11.6 Å². The Morgan fingerprint density at radius 2 is 2.14 bits per heavy atom. The second-order valence-corrected chi connectivity index (χ2v) is 8.18. The second kappa shape index (κ2) is 5.19. The largest absolute Gasteiger partial charge is 0.376 e. The fourth-order valence-electron chi connectivity index (χ4n) is 2.70.